The highest BCUT2D eigenvalue weighted by Crippen LogP contribution is 2.31. The van der Waals surface area contributed by atoms with Crippen molar-refractivity contribution >= 4 is 27.8 Å². The molecule has 0 unspecified atom stereocenters. The lowest BCUT2D eigenvalue weighted by atomic mass is 10.2. The molecule has 1 aliphatic rings. The fourth-order valence-electron chi connectivity index (χ4n) is 2.81. The Morgan fingerprint density at radius 1 is 1.07 bits per heavy atom. The van der Waals surface area contributed by atoms with E-state index in [4.69, 9.17) is 14.2 Å². The molecule has 29 heavy (non-hydrogen) atoms. The van der Waals surface area contributed by atoms with E-state index < -0.39 is 5.60 Å². The number of carbonyl (C=O) groups is 1. The van der Waals surface area contributed by atoms with E-state index in [1.807, 2.05) is 45.0 Å². The highest BCUT2D eigenvalue weighted by Gasteiger charge is 2.28. The van der Waals surface area contributed by atoms with Gasteiger partial charge in [-0.15, -0.1) is 0 Å². The maximum Gasteiger partial charge on any atom is 0.410 e. The lowest BCUT2D eigenvalue weighted by molar-refractivity contribution is 0.0240. The van der Waals surface area contributed by atoms with E-state index in [1.165, 1.54) is 0 Å². The van der Waals surface area contributed by atoms with Crippen LogP contribution < -0.4 is 14.4 Å². The highest BCUT2D eigenvalue weighted by molar-refractivity contribution is 9.10. The van der Waals surface area contributed by atoms with Gasteiger partial charge < -0.3 is 24.0 Å². The lowest BCUT2D eigenvalue weighted by Gasteiger charge is -2.36. The second kappa shape index (κ2) is 8.86. The smallest absolute Gasteiger partial charge is 0.410 e. The first-order valence-electron chi connectivity index (χ1n) is 9.32. The number of anilines is 1. The van der Waals surface area contributed by atoms with Crippen molar-refractivity contribution in [3.8, 4) is 17.4 Å². The molecule has 2 heterocycles. The van der Waals surface area contributed by atoms with E-state index in [1.54, 1.807) is 18.2 Å². The van der Waals surface area contributed by atoms with Crippen LogP contribution in [0.1, 0.15) is 20.8 Å². The first kappa shape index (κ1) is 21.2. The Morgan fingerprint density at radius 3 is 2.28 bits per heavy atom. The zero-order valence-electron chi connectivity index (χ0n) is 17.0. The Balaban J connectivity index is 1.70. The second-order valence-electron chi connectivity index (χ2n) is 7.55. The van der Waals surface area contributed by atoms with E-state index in [-0.39, 0.29) is 6.09 Å². The summed E-state index contributed by atoms with van der Waals surface area (Å²) >= 11 is 3.35. The van der Waals surface area contributed by atoms with Crippen LogP contribution in [0.25, 0.3) is 0 Å². The van der Waals surface area contributed by atoms with E-state index in [0.717, 1.165) is 5.75 Å². The van der Waals surface area contributed by atoms with Gasteiger partial charge in [0, 0.05) is 26.2 Å². The molecule has 1 aromatic heterocycles. The molecule has 0 saturated carbocycles. The molecule has 1 saturated heterocycles. The van der Waals surface area contributed by atoms with Gasteiger partial charge >= 0.3 is 6.09 Å². The van der Waals surface area contributed by atoms with Gasteiger partial charge in [0.15, 0.2) is 5.82 Å². The summed E-state index contributed by atoms with van der Waals surface area (Å²) in [6.07, 6.45) is 1.34. The van der Waals surface area contributed by atoms with E-state index in [2.05, 4.69) is 30.8 Å². The van der Waals surface area contributed by atoms with Crippen LogP contribution in [0.3, 0.4) is 0 Å². The third-order valence-corrected chi connectivity index (χ3v) is 4.58. The average Bonchev–Trinajstić information content (AvgIpc) is 2.68. The summed E-state index contributed by atoms with van der Waals surface area (Å²) in [5.41, 5.74) is -0.509. The summed E-state index contributed by atoms with van der Waals surface area (Å²) in [6.45, 7) is 7.87. The largest absolute Gasteiger partial charge is 0.497 e. The quantitative estimate of drug-likeness (QED) is 0.673. The number of ether oxygens (including phenoxy) is 3. The molecule has 9 heteroatoms. The zero-order valence-corrected chi connectivity index (χ0v) is 18.6. The molecule has 8 nitrogen and oxygen atoms in total. The van der Waals surface area contributed by atoms with Crippen molar-refractivity contribution in [1.29, 1.82) is 0 Å². The molecule has 2 aromatic rings. The summed E-state index contributed by atoms with van der Waals surface area (Å²) in [6, 6.07) is 7.26. The van der Waals surface area contributed by atoms with Gasteiger partial charge in [-0.25, -0.2) is 14.8 Å². The van der Waals surface area contributed by atoms with E-state index in [0.29, 0.717) is 48.2 Å². The van der Waals surface area contributed by atoms with E-state index in [9.17, 15) is 4.79 Å². The number of halogens is 1. The van der Waals surface area contributed by atoms with Crippen molar-refractivity contribution in [2.75, 3.05) is 38.2 Å². The molecule has 0 N–H and O–H groups in total. The topological polar surface area (TPSA) is 77.0 Å². The van der Waals surface area contributed by atoms with Crippen LogP contribution in [0.2, 0.25) is 0 Å². The minimum absolute atomic E-state index is 0.297. The minimum atomic E-state index is -0.509. The second-order valence-corrected chi connectivity index (χ2v) is 8.37. The molecular formula is C20H25BrN4O4. The van der Waals surface area contributed by atoms with Gasteiger partial charge in [0.25, 0.3) is 5.88 Å². The van der Waals surface area contributed by atoms with Crippen molar-refractivity contribution in [2.24, 2.45) is 0 Å². The van der Waals surface area contributed by atoms with Crippen molar-refractivity contribution < 1.29 is 19.0 Å². The number of hydrogen-bond donors (Lipinski definition) is 0. The van der Waals surface area contributed by atoms with Crippen LogP contribution in [0.4, 0.5) is 10.6 Å². The third kappa shape index (κ3) is 5.72. The number of methoxy groups -OCH3 is 1. The maximum atomic E-state index is 12.3. The van der Waals surface area contributed by atoms with Gasteiger partial charge in [0.2, 0.25) is 0 Å². The Labute approximate surface area is 178 Å². The van der Waals surface area contributed by atoms with Crippen LogP contribution in [-0.4, -0.2) is 59.9 Å². The van der Waals surface area contributed by atoms with Crippen LogP contribution >= 0.6 is 15.9 Å². The minimum Gasteiger partial charge on any atom is -0.497 e. The van der Waals surface area contributed by atoms with Gasteiger partial charge in [-0.2, -0.15) is 0 Å². The van der Waals surface area contributed by atoms with Gasteiger partial charge in [0.1, 0.15) is 21.7 Å². The van der Waals surface area contributed by atoms with Gasteiger partial charge in [-0.05, 0) is 61.0 Å². The van der Waals surface area contributed by atoms with Crippen molar-refractivity contribution in [1.82, 2.24) is 14.9 Å². The number of amides is 1. The van der Waals surface area contributed by atoms with Gasteiger partial charge in [0.05, 0.1) is 13.3 Å². The molecule has 0 bridgehead atoms. The Kier molecular flexibility index (Phi) is 6.46. The number of rotatable bonds is 4. The highest BCUT2D eigenvalue weighted by atomic mass is 79.9. The first-order chi connectivity index (χ1) is 13.7. The predicted octanol–water partition coefficient (Wildman–Crippen LogP) is 4.10. The molecule has 1 amide bonds. The number of carbonyl (C=O) groups excluding carboxylic acids is 1. The summed E-state index contributed by atoms with van der Waals surface area (Å²) in [7, 11) is 1.62. The molecule has 0 spiro atoms. The third-order valence-electron chi connectivity index (χ3n) is 4.20. The SMILES string of the molecule is COc1ccc(Oc2nc(Br)cnc2N2CCN(C(=O)OC(C)(C)C)CC2)cc1. The van der Waals surface area contributed by atoms with Gasteiger partial charge in [-0.3, -0.25) is 0 Å². The predicted molar refractivity (Wildman–Crippen MR) is 113 cm³/mol. The monoisotopic (exact) mass is 464 g/mol. The fourth-order valence-corrected chi connectivity index (χ4v) is 3.08. The molecule has 156 valence electrons. The Bertz CT molecular complexity index is 847. The Morgan fingerprint density at radius 2 is 1.69 bits per heavy atom. The van der Waals surface area contributed by atoms with Crippen LogP contribution in [0.15, 0.2) is 35.1 Å². The average molecular weight is 465 g/mol. The normalized spacial score (nSPS) is 14.5. The summed E-state index contributed by atoms with van der Waals surface area (Å²) in [4.78, 5) is 25.0. The summed E-state index contributed by atoms with van der Waals surface area (Å²) in [5, 5.41) is 0. The van der Waals surface area contributed by atoms with Crippen LogP contribution in [0.5, 0.6) is 17.4 Å². The van der Waals surface area contributed by atoms with Crippen LogP contribution in [0, 0.1) is 0 Å². The molecular weight excluding hydrogens is 440 g/mol. The first-order valence-corrected chi connectivity index (χ1v) is 10.1. The summed E-state index contributed by atoms with van der Waals surface area (Å²) in [5.74, 6) is 2.41. The van der Waals surface area contributed by atoms with Crippen molar-refractivity contribution in [2.45, 2.75) is 26.4 Å². The van der Waals surface area contributed by atoms with Crippen LogP contribution in [-0.2, 0) is 4.74 Å². The standard InChI is InChI=1S/C20H25BrN4O4/c1-20(2,3)29-19(26)25-11-9-24(10-12-25)17-18(23-16(21)13-22-17)28-15-7-5-14(27-4)6-8-15/h5-8,13H,9-12H2,1-4H3. The number of nitrogens with zero attached hydrogens (tertiary/aromatic N) is 4. The summed E-state index contributed by atoms with van der Waals surface area (Å²) < 4.78 is 17.2. The fraction of sp³-hybridized carbons (Fsp3) is 0.450. The number of hydrogen-bond acceptors (Lipinski definition) is 7. The number of piperazine rings is 1. The maximum absolute atomic E-state index is 12.3. The van der Waals surface area contributed by atoms with E-state index >= 15 is 0 Å². The molecule has 1 fully saturated rings. The van der Waals surface area contributed by atoms with Crippen molar-refractivity contribution in [3.05, 3.63) is 35.1 Å². The molecule has 3 rings (SSSR count). The molecule has 0 radical (unpaired) electrons. The zero-order chi connectivity index (χ0) is 21.0. The van der Waals surface area contributed by atoms with Gasteiger partial charge in [-0.1, -0.05) is 0 Å². The Hall–Kier alpha value is -2.55. The molecule has 0 aliphatic carbocycles. The number of aromatic nitrogens is 2. The number of benzene rings is 1. The molecule has 1 aliphatic heterocycles. The molecule has 1 aromatic carbocycles. The lowest BCUT2D eigenvalue weighted by Crippen LogP contribution is -2.50. The van der Waals surface area contributed by atoms with Crippen molar-refractivity contribution in [3.63, 3.8) is 0 Å². The molecule has 0 atom stereocenters.